The third-order valence-corrected chi connectivity index (χ3v) is 5.51. The smallest absolute Gasteiger partial charge is 0.275 e. The van der Waals surface area contributed by atoms with Gasteiger partial charge in [-0.15, -0.1) is 12.4 Å². The maximum Gasteiger partial charge on any atom is 0.275 e. The summed E-state index contributed by atoms with van der Waals surface area (Å²) in [4.78, 5) is 18.9. The lowest BCUT2D eigenvalue weighted by molar-refractivity contribution is 0.0570. The lowest BCUT2D eigenvalue weighted by Gasteiger charge is -2.37. The molecular weight excluding hydrogens is 364 g/mol. The monoisotopic (exact) mass is 386 g/mol. The van der Waals surface area contributed by atoms with Crippen molar-refractivity contribution in [3.8, 4) is 0 Å². The molecule has 0 bridgehead atoms. The van der Waals surface area contributed by atoms with Gasteiger partial charge in [0.2, 0.25) is 15.0 Å². The number of rotatable bonds is 3. The minimum absolute atomic E-state index is 0. The molecule has 2 unspecified atom stereocenters. The van der Waals surface area contributed by atoms with Gasteiger partial charge in [-0.2, -0.15) is 0 Å². The van der Waals surface area contributed by atoms with E-state index in [-0.39, 0.29) is 35.2 Å². The molecule has 0 aliphatic carbocycles. The van der Waals surface area contributed by atoms with Crippen molar-refractivity contribution in [2.24, 2.45) is 11.7 Å². The number of carbonyl (C=O) groups is 1. The maximum atomic E-state index is 13.0. The molecule has 0 spiro atoms. The summed E-state index contributed by atoms with van der Waals surface area (Å²) in [5.41, 5.74) is 6.51. The molecule has 9 heteroatoms. The van der Waals surface area contributed by atoms with Crippen molar-refractivity contribution in [2.75, 3.05) is 19.3 Å². The van der Waals surface area contributed by atoms with E-state index >= 15 is 0 Å². The highest BCUT2D eigenvalue weighted by atomic mass is 35.5. The van der Waals surface area contributed by atoms with Crippen LogP contribution < -0.4 is 5.73 Å². The van der Waals surface area contributed by atoms with Crippen molar-refractivity contribution < 1.29 is 13.2 Å². The molecule has 0 radical (unpaired) electrons. The molecule has 138 valence electrons. The fraction of sp³-hybridized carbons (Fsp3) is 0.500. The van der Waals surface area contributed by atoms with Gasteiger partial charge in [0, 0.05) is 31.6 Å². The molecule has 3 heterocycles. The van der Waals surface area contributed by atoms with Crippen LogP contribution >= 0.6 is 12.4 Å². The number of nitrogens with zero attached hydrogens (tertiary/aromatic N) is 3. The van der Waals surface area contributed by atoms with Crippen molar-refractivity contribution in [3.63, 3.8) is 0 Å². The van der Waals surface area contributed by atoms with E-state index in [1.807, 2.05) is 0 Å². The van der Waals surface area contributed by atoms with Gasteiger partial charge < -0.3 is 10.6 Å². The zero-order valence-electron chi connectivity index (χ0n) is 14.3. The van der Waals surface area contributed by atoms with Crippen LogP contribution in [-0.2, 0) is 9.84 Å². The standard InChI is InChI=1S/C16H22N4O3S.ClH/c1-11-6-8-19(12(9-11)10-17)15(21)14-13-5-3-4-7-20(13)16(18-14)24(2,22)23;/h3-5,7,11-12H,6,8-10,17H2,1-2H3;1H. The average Bonchev–Trinajstić information content (AvgIpc) is 2.94. The first-order chi connectivity index (χ1) is 11.3. The van der Waals surface area contributed by atoms with Gasteiger partial charge >= 0.3 is 0 Å². The minimum atomic E-state index is -3.54. The molecule has 0 saturated carbocycles. The molecule has 1 aliphatic rings. The number of imidazole rings is 1. The number of sulfone groups is 1. The van der Waals surface area contributed by atoms with Crippen LogP contribution in [-0.4, -0.2) is 54.0 Å². The molecule has 3 rings (SSSR count). The Labute approximate surface area is 153 Å². The predicted octanol–water partition coefficient (Wildman–Crippen LogP) is 1.36. The summed E-state index contributed by atoms with van der Waals surface area (Å²) in [5.74, 6) is 0.267. The number of halogens is 1. The van der Waals surface area contributed by atoms with Gasteiger partial charge in [0.25, 0.3) is 5.91 Å². The van der Waals surface area contributed by atoms with E-state index in [1.54, 1.807) is 29.3 Å². The topological polar surface area (TPSA) is 97.8 Å². The van der Waals surface area contributed by atoms with E-state index < -0.39 is 9.84 Å². The fourth-order valence-electron chi connectivity index (χ4n) is 3.31. The van der Waals surface area contributed by atoms with Crippen LogP contribution in [0, 0.1) is 5.92 Å². The molecule has 0 aromatic carbocycles. The van der Waals surface area contributed by atoms with E-state index in [2.05, 4.69) is 11.9 Å². The summed E-state index contributed by atoms with van der Waals surface area (Å²) >= 11 is 0. The van der Waals surface area contributed by atoms with E-state index in [4.69, 9.17) is 5.73 Å². The van der Waals surface area contributed by atoms with Crippen LogP contribution in [0.25, 0.3) is 5.52 Å². The summed E-state index contributed by atoms with van der Waals surface area (Å²) in [7, 11) is -3.54. The van der Waals surface area contributed by atoms with Gasteiger partial charge in [0.15, 0.2) is 5.69 Å². The van der Waals surface area contributed by atoms with Crippen LogP contribution in [0.4, 0.5) is 0 Å². The number of nitrogens with two attached hydrogens (primary N) is 1. The summed E-state index contributed by atoms with van der Waals surface area (Å²) in [5, 5.41) is -0.115. The van der Waals surface area contributed by atoms with Crippen molar-refractivity contribution in [3.05, 3.63) is 30.1 Å². The second kappa shape index (κ2) is 7.31. The maximum absolute atomic E-state index is 13.0. The largest absolute Gasteiger partial charge is 0.333 e. The molecule has 7 nitrogen and oxygen atoms in total. The highest BCUT2D eigenvalue weighted by Gasteiger charge is 2.32. The number of pyridine rings is 1. The van der Waals surface area contributed by atoms with E-state index in [9.17, 15) is 13.2 Å². The number of likely N-dealkylation sites (tertiary alicyclic amines) is 1. The Bertz CT molecular complexity index is 881. The summed E-state index contributed by atoms with van der Waals surface area (Å²) in [6, 6.07) is 5.14. The lowest BCUT2D eigenvalue weighted by Crippen LogP contribution is -2.49. The first kappa shape index (κ1) is 19.7. The SMILES string of the molecule is CC1CCN(C(=O)c2nc(S(C)(=O)=O)n3ccccc23)C(CN)C1.Cl. The van der Waals surface area contributed by atoms with Crippen LogP contribution in [0.2, 0.25) is 0 Å². The van der Waals surface area contributed by atoms with Gasteiger partial charge in [0.05, 0.1) is 5.52 Å². The Kier molecular flexibility index (Phi) is 5.75. The molecule has 1 aliphatic heterocycles. The molecule has 2 atom stereocenters. The molecule has 1 fully saturated rings. The van der Waals surface area contributed by atoms with Crippen LogP contribution in [0.5, 0.6) is 0 Å². The number of hydrogen-bond donors (Lipinski definition) is 1. The second-order valence-corrected chi connectivity index (χ2v) is 8.40. The predicted molar refractivity (Wildman–Crippen MR) is 97.8 cm³/mol. The Hall–Kier alpha value is -1.64. The molecule has 1 saturated heterocycles. The summed E-state index contributed by atoms with van der Waals surface area (Å²) < 4.78 is 25.4. The van der Waals surface area contributed by atoms with Crippen molar-refractivity contribution in [1.82, 2.24) is 14.3 Å². The van der Waals surface area contributed by atoms with Crippen LogP contribution in [0.3, 0.4) is 0 Å². The molecule has 25 heavy (non-hydrogen) atoms. The van der Waals surface area contributed by atoms with Gasteiger partial charge in [-0.05, 0) is 30.9 Å². The van der Waals surface area contributed by atoms with Crippen LogP contribution in [0.15, 0.2) is 29.6 Å². The normalized spacial score (nSPS) is 21.2. The lowest BCUT2D eigenvalue weighted by atomic mass is 9.92. The Morgan fingerprint density at radius 2 is 2.12 bits per heavy atom. The first-order valence-electron chi connectivity index (χ1n) is 8.01. The number of piperidine rings is 1. The Balaban J connectivity index is 0.00000225. The molecule has 1 amide bonds. The number of carbonyl (C=O) groups excluding carboxylic acids is 1. The zero-order chi connectivity index (χ0) is 17.5. The highest BCUT2D eigenvalue weighted by molar-refractivity contribution is 7.90. The van der Waals surface area contributed by atoms with E-state index in [0.29, 0.717) is 24.5 Å². The van der Waals surface area contributed by atoms with Gasteiger partial charge in [0.1, 0.15) is 0 Å². The third-order valence-electron chi connectivity index (χ3n) is 4.56. The Morgan fingerprint density at radius 1 is 1.40 bits per heavy atom. The molecule has 2 aromatic rings. The van der Waals surface area contributed by atoms with Gasteiger partial charge in [-0.25, -0.2) is 13.4 Å². The summed E-state index contributed by atoms with van der Waals surface area (Å²) in [6.45, 7) is 3.15. The van der Waals surface area contributed by atoms with Crippen molar-refractivity contribution in [2.45, 2.75) is 31.0 Å². The zero-order valence-corrected chi connectivity index (χ0v) is 15.9. The van der Waals surface area contributed by atoms with Crippen molar-refractivity contribution >= 4 is 33.7 Å². The highest BCUT2D eigenvalue weighted by Crippen LogP contribution is 2.25. The van der Waals surface area contributed by atoms with Gasteiger partial charge in [-0.3, -0.25) is 9.20 Å². The second-order valence-electron chi connectivity index (χ2n) is 6.49. The first-order valence-corrected chi connectivity index (χ1v) is 9.90. The number of fused-ring (bicyclic) bond motifs is 1. The quantitative estimate of drug-likeness (QED) is 0.858. The number of amides is 1. The van der Waals surface area contributed by atoms with Crippen molar-refractivity contribution in [1.29, 1.82) is 0 Å². The number of aromatic nitrogens is 2. The number of hydrogen-bond acceptors (Lipinski definition) is 5. The molecule has 2 aromatic heterocycles. The fourth-order valence-corrected chi connectivity index (χ4v) is 4.08. The van der Waals surface area contributed by atoms with E-state index in [1.165, 1.54) is 4.40 Å². The molecule has 2 N–H and O–H groups in total. The summed E-state index contributed by atoms with van der Waals surface area (Å²) in [6.07, 6.45) is 4.46. The van der Waals surface area contributed by atoms with Crippen LogP contribution in [0.1, 0.15) is 30.3 Å². The van der Waals surface area contributed by atoms with Gasteiger partial charge in [-0.1, -0.05) is 13.0 Å². The minimum Gasteiger partial charge on any atom is -0.333 e. The molecular formula is C16H23ClN4O3S. The third kappa shape index (κ3) is 3.65. The van der Waals surface area contributed by atoms with E-state index in [0.717, 1.165) is 19.1 Å². The average molecular weight is 387 g/mol. The Morgan fingerprint density at radius 3 is 2.76 bits per heavy atom.